The molecule has 1 aliphatic heterocycles. The Morgan fingerprint density at radius 3 is 2.68 bits per heavy atom. The molecule has 4 aromatic rings. The molecule has 1 N–H and O–H groups in total. The molecule has 1 aliphatic carbocycles. The zero-order valence-electron chi connectivity index (χ0n) is 21.0. The van der Waals surface area contributed by atoms with Crippen LogP contribution in [0, 0.1) is 6.92 Å². The molecule has 1 saturated carbocycles. The van der Waals surface area contributed by atoms with Crippen LogP contribution in [-0.4, -0.2) is 40.0 Å². The highest BCUT2D eigenvalue weighted by Gasteiger charge is 2.34. The van der Waals surface area contributed by atoms with Gasteiger partial charge in [-0.25, -0.2) is 4.79 Å². The lowest BCUT2D eigenvalue weighted by Crippen LogP contribution is -2.37. The number of ether oxygens (including phenoxy) is 1. The van der Waals surface area contributed by atoms with Crippen molar-refractivity contribution >= 4 is 34.2 Å². The van der Waals surface area contributed by atoms with Crippen LogP contribution in [0.3, 0.4) is 0 Å². The number of anilines is 1. The monoisotopic (exact) mass is 519 g/mol. The molecule has 0 amide bonds. The Morgan fingerprint density at radius 2 is 1.97 bits per heavy atom. The summed E-state index contributed by atoms with van der Waals surface area (Å²) >= 11 is 6.57. The summed E-state index contributed by atoms with van der Waals surface area (Å²) in [5.41, 5.74) is 6.20. The highest BCUT2D eigenvalue weighted by molar-refractivity contribution is 6.33. The van der Waals surface area contributed by atoms with Gasteiger partial charge in [0.25, 0.3) is 0 Å². The predicted octanol–water partition coefficient (Wildman–Crippen LogP) is 6.56. The van der Waals surface area contributed by atoms with Crippen molar-refractivity contribution in [2.75, 3.05) is 18.0 Å². The van der Waals surface area contributed by atoms with E-state index in [2.05, 4.69) is 16.1 Å². The van der Waals surface area contributed by atoms with Crippen molar-refractivity contribution < 1.29 is 19.2 Å². The first kappa shape index (κ1) is 24.1. The molecule has 37 heavy (non-hydrogen) atoms. The van der Waals surface area contributed by atoms with Crippen LogP contribution < -0.4 is 4.90 Å². The third-order valence-electron chi connectivity index (χ3n) is 7.70. The van der Waals surface area contributed by atoms with Crippen LogP contribution in [-0.2, 0) is 18.4 Å². The summed E-state index contributed by atoms with van der Waals surface area (Å²) in [6.07, 6.45) is 5.90. The number of carboxylic acids is 1. The molecule has 0 unspecified atom stereocenters. The topological polar surface area (TPSA) is 80.7 Å². The minimum atomic E-state index is -0.901. The van der Waals surface area contributed by atoms with Crippen molar-refractivity contribution in [1.29, 1.82) is 0 Å². The molecule has 0 atom stereocenters. The van der Waals surface area contributed by atoms with E-state index < -0.39 is 5.97 Å². The van der Waals surface area contributed by atoms with Crippen LogP contribution in [0.4, 0.5) is 5.69 Å². The van der Waals surface area contributed by atoms with E-state index in [9.17, 15) is 9.90 Å². The Labute approximate surface area is 220 Å². The van der Waals surface area contributed by atoms with E-state index in [0.29, 0.717) is 23.1 Å². The average molecular weight is 520 g/mol. The number of hydrogen-bond acceptors (Lipinski definition) is 5. The number of piperidine rings is 1. The highest BCUT2D eigenvalue weighted by Crippen LogP contribution is 2.45. The fourth-order valence-corrected chi connectivity index (χ4v) is 5.79. The predicted molar refractivity (Wildman–Crippen MR) is 144 cm³/mol. The number of rotatable bonds is 7. The number of nitrogens with zero attached hydrogens (tertiary/aromatic N) is 3. The third kappa shape index (κ3) is 4.51. The van der Waals surface area contributed by atoms with Crippen LogP contribution in [0.25, 0.3) is 22.2 Å². The Balaban J connectivity index is 1.15. The molecule has 2 aromatic carbocycles. The lowest BCUT2D eigenvalue weighted by molar-refractivity contribution is 0.0246. The normalized spacial score (nSPS) is 16.6. The van der Waals surface area contributed by atoms with Gasteiger partial charge in [-0.3, -0.25) is 0 Å². The molecule has 2 fully saturated rings. The Kier molecular flexibility index (Phi) is 6.21. The fourth-order valence-electron chi connectivity index (χ4n) is 5.48. The zero-order valence-corrected chi connectivity index (χ0v) is 21.8. The standard InChI is InChI=1S/C29H30ClN3O4/c1-17-4-3-5-24(30)26(17)27-23(28(37-31-27)18-6-7-18)16-36-20-10-12-33(13-11-20)19-8-9-21-22(29(34)35)15-32(2)25(21)14-19/h3-5,8-9,14-15,18,20H,6-7,10-13,16H2,1-2H3,(H,34,35). The van der Waals surface area contributed by atoms with Gasteiger partial charge < -0.3 is 23.8 Å². The van der Waals surface area contributed by atoms with Gasteiger partial charge in [0.1, 0.15) is 11.5 Å². The minimum absolute atomic E-state index is 0.149. The number of carboxylic acid groups (broad SMARTS) is 1. The SMILES string of the molecule is Cc1cccc(Cl)c1-c1noc(C2CC2)c1COC1CCN(c2ccc3c(C(=O)O)cn(C)c3c2)CC1. The van der Waals surface area contributed by atoms with Gasteiger partial charge in [0.05, 0.1) is 28.8 Å². The lowest BCUT2D eigenvalue weighted by Gasteiger charge is -2.33. The van der Waals surface area contributed by atoms with Crippen molar-refractivity contribution in [3.8, 4) is 11.3 Å². The summed E-state index contributed by atoms with van der Waals surface area (Å²) in [4.78, 5) is 13.9. The van der Waals surface area contributed by atoms with E-state index in [4.69, 9.17) is 20.9 Å². The number of aromatic nitrogens is 2. The molecule has 2 aliphatic rings. The smallest absolute Gasteiger partial charge is 0.337 e. The van der Waals surface area contributed by atoms with Crippen LogP contribution in [0.5, 0.6) is 0 Å². The van der Waals surface area contributed by atoms with E-state index in [1.165, 1.54) is 0 Å². The van der Waals surface area contributed by atoms with E-state index in [0.717, 1.165) is 83.5 Å². The maximum Gasteiger partial charge on any atom is 0.337 e. The van der Waals surface area contributed by atoms with Crippen molar-refractivity contribution in [2.24, 2.45) is 7.05 Å². The Bertz CT molecular complexity index is 1460. The second kappa shape index (κ2) is 9.54. The molecule has 192 valence electrons. The zero-order chi connectivity index (χ0) is 25.7. The molecule has 0 spiro atoms. The molecule has 7 nitrogen and oxygen atoms in total. The van der Waals surface area contributed by atoms with Gasteiger partial charge >= 0.3 is 5.97 Å². The molecule has 0 bridgehead atoms. The van der Waals surface area contributed by atoms with Crippen molar-refractivity contribution in [1.82, 2.24) is 9.72 Å². The summed E-state index contributed by atoms with van der Waals surface area (Å²) in [5.74, 6) is 0.476. The Hall–Kier alpha value is -3.29. The number of aryl methyl sites for hydroxylation is 2. The van der Waals surface area contributed by atoms with Gasteiger partial charge in [0.2, 0.25) is 0 Å². The minimum Gasteiger partial charge on any atom is -0.478 e. The molecule has 3 heterocycles. The van der Waals surface area contributed by atoms with Crippen molar-refractivity contribution in [3.05, 3.63) is 70.1 Å². The molecule has 6 rings (SSSR count). The van der Waals surface area contributed by atoms with Gasteiger partial charge in [0, 0.05) is 54.5 Å². The van der Waals surface area contributed by atoms with E-state index in [-0.39, 0.29) is 6.10 Å². The molecule has 2 aromatic heterocycles. The molecular weight excluding hydrogens is 490 g/mol. The summed E-state index contributed by atoms with van der Waals surface area (Å²) in [6, 6.07) is 11.9. The molecule has 0 radical (unpaired) electrons. The highest BCUT2D eigenvalue weighted by atomic mass is 35.5. The first-order valence-electron chi connectivity index (χ1n) is 12.8. The van der Waals surface area contributed by atoms with E-state index >= 15 is 0 Å². The quantitative estimate of drug-likeness (QED) is 0.298. The van der Waals surface area contributed by atoms with Crippen LogP contribution in [0.15, 0.2) is 47.1 Å². The van der Waals surface area contributed by atoms with Crippen LogP contribution in [0.1, 0.15) is 58.8 Å². The number of hydrogen-bond donors (Lipinski definition) is 1. The van der Waals surface area contributed by atoms with Crippen molar-refractivity contribution in [3.63, 3.8) is 0 Å². The first-order chi connectivity index (χ1) is 17.9. The van der Waals surface area contributed by atoms with Crippen LogP contribution in [0.2, 0.25) is 5.02 Å². The molecular formula is C29H30ClN3O4. The summed E-state index contributed by atoms with van der Waals surface area (Å²) in [7, 11) is 1.89. The average Bonchev–Trinajstić information content (AvgIpc) is 3.57. The summed E-state index contributed by atoms with van der Waals surface area (Å²) in [6.45, 7) is 4.26. The fraction of sp³-hybridized carbons (Fsp3) is 0.379. The number of aromatic carboxylic acids is 1. The maximum atomic E-state index is 11.5. The van der Waals surface area contributed by atoms with Gasteiger partial charge in [-0.2, -0.15) is 0 Å². The Morgan fingerprint density at radius 1 is 1.19 bits per heavy atom. The largest absolute Gasteiger partial charge is 0.478 e. The maximum absolute atomic E-state index is 11.5. The van der Waals surface area contributed by atoms with Crippen LogP contribution >= 0.6 is 11.6 Å². The van der Waals surface area contributed by atoms with E-state index in [1.54, 1.807) is 6.20 Å². The van der Waals surface area contributed by atoms with Gasteiger partial charge in [-0.05, 0) is 62.4 Å². The van der Waals surface area contributed by atoms with Crippen molar-refractivity contribution in [2.45, 2.75) is 51.2 Å². The number of fused-ring (bicyclic) bond motifs is 1. The summed E-state index contributed by atoms with van der Waals surface area (Å²) < 4.78 is 14.2. The number of halogens is 1. The van der Waals surface area contributed by atoms with Gasteiger partial charge in [-0.15, -0.1) is 0 Å². The number of benzene rings is 2. The van der Waals surface area contributed by atoms with E-state index in [1.807, 2.05) is 48.9 Å². The second-order valence-corrected chi connectivity index (χ2v) is 10.6. The van der Waals surface area contributed by atoms with Gasteiger partial charge in [-0.1, -0.05) is 28.9 Å². The first-order valence-corrected chi connectivity index (χ1v) is 13.2. The second-order valence-electron chi connectivity index (χ2n) is 10.2. The summed E-state index contributed by atoms with van der Waals surface area (Å²) in [5, 5.41) is 15.4. The third-order valence-corrected chi connectivity index (χ3v) is 8.02. The lowest BCUT2D eigenvalue weighted by atomic mass is 10.0. The molecule has 1 saturated heterocycles. The molecule has 8 heteroatoms. The number of carbonyl (C=O) groups is 1. The van der Waals surface area contributed by atoms with Gasteiger partial charge in [0.15, 0.2) is 0 Å².